The molecule has 116 valence electrons. The molecule has 0 saturated heterocycles. The Bertz CT molecular complexity index is 666. The number of aromatic nitrogens is 3. The van der Waals surface area contributed by atoms with E-state index in [2.05, 4.69) is 20.1 Å². The van der Waals surface area contributed by atoms with E-state index in [1.54, 1.807) is 17.5 Å². The van der Waals surface area contributed by atoms with E-state index < -0.39 is 0 Å². The SMILES string of the molecule is O=C(CSc1nnc2n1CCCCC2)NC(=O)c1cccs1. The summed E-state index contributed by atoms with van der Waals surface area (Å²) in [6.45, 7) is 0.903. The summed E-state index contributed by atoms with van der Waals surface area (Å²) in [7, 11) is 0. The molecular weight excluding hydrogens is 320 g/mol. The molecule has 22 heavy (non-hydrogen) atoms. The summed E-state index contributed by atoms with van der Waals surface area (Å²) in [6.07, 6.45) is 4.39. The van der Waals surface area contributed by atoms with Crippen LogP contribution in [0.1, 0.15) is 34.8 Å². The van der Waals surface area contributed by atoms with Gasteiger partial charge in [-0.2, -0.15) is 0 Å². The predicted octanol–water partition coefficient (Wildman–Crippen LogP) is 2.11. The Morgan fingerprint density at radius 1 is 1.32 bits per heavy atom. The molecule has 0 aliphatic carbocycles. The zero-order valence-electron chi connectivity index (χ0n) is 11.9. The fourth-order valence-electron chi connectivity index (χ4n) is 2.33. The summed E-state index contributed by atoms with van der Waals surface area (Å²) in [5.41, 5.74) is 0. The lowest BCUT2D eigenvalue weighted by molar-refractivity contribution is -0.117. The van der Waals surface area contributed by atoms with Crippen molar-refractivity contribution in [1.29, 1.82) is 0 Å². The van der Waals surface area contributed by atoms with Gasteiger partial charge in [0.15, 0.2) is 5.16 Å². The highest BCUT2D eigenvalue weighted by Gasteiger charge is 2.17. The number of carbonyl (C=O) groups is 2. The molecule has 1 aliphatic heterocycles. The molecule has 0 fully saturated rings. The van der Waals surface area contributed by atoms with Gasteiger partial charge in [-0.15, -0.1) is 21.5 Å². The van der Waals surface area contributed by atoms with E-state index in [0.29, 0.717) is 4.88 Å². The second-order valence-corrected chi connectivity index (χ2v) is 6.89. The molecule has 3 rings (SSSR count). The van der Waals surface area contributed by atoms with E-state index in [1.165, 1.54) is 29.5 Å². The summed E-state index contributed by atoms with van der Waals surface area (Å²) >= 11 is 2.64. The molecule has 1 N–H and O–H groups in total. The second kappa shape index (κ2) is 7.06. The van der Waals surface area contributed by atoms with Crippen molar-refractivity contribution in [2.24, 2.45) is 0 Å². The van der Waals surface area contributed by atoms with Crippen LogP contribution in [0.15, 0.2) is 22.7 Å². The first kappa shape index (κ1) is 15.2. The molecule has 0 bridgehead atoms. The standard InChI is InChI=1S/C14H16N4O2S2/c19-12(15-13(20)10-5-4-8-21-10)9-22-14-17-16-11-6-2-1-3-7-18(11)14/h4-5,8H,1-3,6-7,9H2,(H,15,19,20). The molecule has 0 saturated carbocycles. The highest BCUT2D eigenvalue weighted by Crippen LogP contribution is 2.21. The maximum atomic E-state index is 11.9. The van der Waals surface area contributed by atoms with Crippen LogP contribution in [0.3, 0.4) is 0 Å². The van der Waals surface area contributed by atoms with Crippen LogP contribution >= 0.6 is 23.1 Å². The van der Waals surface area contributed by atoms with Crippen molar-refractivity contribution in [3.8, 4) is 0 Å². The van der Waals surface area contributed by atoms with Crippen molar-refractivity contribution in [2.75, 3.05) is 5.75 Å². The summed E-state index contributed by atoms with van der Waals surface area (Å²) in [4.78, 5) is 24.2. The number of thioether (sulfide) groups is 1. The van der Waals surface area contributed by atoms with Crippen LogP contribution < -0.4 is 5.32 Å². The van der Waals surface area contributed by atoms with Gasteiger partial charge in [-0.25, -0.2) is 0 Å². The van der Waals surface area contributed by atoms with E-state index >= 15 is 0 Å². The lowest BCUT2D eigenvalue weighted by atomic mass is 10.2. The Kier molecular flexibility index (Phi) is 4.89. The molecule has 6 nitrogen and oxygen atoms in total. The molecule has 0 unspecified atom stereocenters. The van der Waals surface area contributed by atoms with Crippen LogP contribution in [-0.4, -0.2) is 32.3 Å². The third-order valence-corrected chi connectivity index (χ3v) is 5.24. The van der Waals surface area contributed by atoms with Gasteiger partial charge < -0.3 is 4.57 Å². The first-order valence-corrected chi connectivity index (χ1v) is 9.03. The number of hydrogen-bond acceptors (Lipinski definition) is 6. The topological polar surface area (TPSA) is 76.9 Å². The Balaban J connectivity index is 1.55. The molecule has 2 aromatic rings. The average Bonchev–Trinajstić information content (AvgIpc) is 3.11. The fraction of sp³-hybridized carbons (Fsp3) is 0.429. The number of fused-ring (bicyclic) bond motifs is 1. The molecule has 0 radical (unpaired) electrons. The van der Waals surface area contributed by atoms with E-state index in [1.807, 2.05) is 0 Å². The normalized spacial score (nSPS) is 14.2. The van der Waals surface area contributed by atoms with Gasteiger partial charge in [-0.3, -0.25) is 14.9 Å². The van der Waals surface area contributed by atoms with Crippen molar-refractivity contribution in [3.63, 3.8) is 0 Å². The number of aryl methyl sites for hydroxylation is 1. The number of nitrogens with one attached hydrogen (secondary N) is 1. The number of nitrogens with zero attached hydrogens (tertiary/aromatic N) is 3. The monoisotopic (exact) mass is 336 g/mol. The van der Waals surface area contributed by atoms with Crippen LogP contribution in [0.4, 0.5) is 0 Å². The minimum atomic E-state index is -0.347. The summed E-state index contributed by atoms with van der Waals surface area (Å²) in [5, 5.41) is 13.3. The minimum Gasteiger partial charge on any atom is -0.306 e. The Morgan fingerprint density at radius 3 is 3.05 bits per heavy atom. The van der Waals surface area contributed by atoms with Crippen molar-refractivity contribution < 1.29 is 9.59 Å². The van der Waals surface area contributed by atoms with Gasteiger partial charge in [0.05, 0.1) is 10.6 Å². The third kappa shape index (κ3) is 3.56. The molecular formula is C14H16N4O2S2. The Labute approximate surface area is 136 Å². The van der Waals surface area contributed by atoms with Crippen molar-refractivity contribution >= 4 is 34.9 Å². The minimum absolute atomic E-state index is 0.162. The van der Waals surface area contributed by atoms with Crippen molar-refractivity contribution in [1.82, 2.24) is 20.1 Å². The molecule has 0 atom stereocenters. The predicted molar refractivity (Wildman–Crippen MR) is 85.1 cm³/mol. The van der Waals surface area contributed by atoms with Crippen LogP contribution in [0, 0.1) is 0 Å². The Morgan fingerprint density at radius 2 is 2.23 bits per heavy atom. The quantitative estimate of drug-likeness (QED) is 0.866. The number of carbonyl (C=O) groups excluding carboxylic acids is 2. The first-order chi connectivity index (χ1) is 10.7. The number of amides is 2. The van der Waals surface area contributed by atoms with Gasteiger partial charge >= 0.3 is 0 Å². The van der Waals surface area contributed by atoms with Crippen LogP contribution in [0.2, 0.25) is 0 Å². The molecule has 0 spiro atoms. The number of imide groups is 1. The van der Waals surface area contributed by atoms with E-state index in [-0.39, 0.29) is 17.6 Å². The molecule has 8 heteroatoms. The molecule has 2 amide bonds. The maximum Gasteiger partial charge on any atom is 0.267 e. The number of rotatable bonds is 4. The van der Waals surface area contributed by atoms with Crippen molar-refractivity contribution in [2.45, 2.75) is 37.4 Å². The van der Waals surface area contributed by atoms with Gasteiger partial charge in [0, 0.05) is 13.0 Å². The molecule has 3 heterocycles. The summed E-state index contributed by atoms with van der Waals surface area (Å²) in [6, 6.07) is 3.48. The van der Waals surface area contributed by atoms with Gasteiger partial charge in [-0.1, -0.05) is 24.2 Å². The maximum absolute atomic E-state index is 11.9. The Hall–Kier alpha value is -1.67. The molecule has 1 aliphatic rings. The van der Waals surface area contributed by atoms with E-state index in [9.17, 15) is 9.59 Å². The average molecular weight is 336 g/mol. The van der Waals surface area contributed by atoms with Gasteiger partial charge in [0.25, 0.3) is 5.91 Å². The summed E-state index contributed by atoms with van der Waals surface area (Å²) < 4.78 is 2.09. The van der Waals surface area contributed by atoms with E-state index in [0.717, 1.165) is 36.8 Å². The highest BCUT2D eigenvalue weighted by molar-refractivity contribution is 7.99. The molecule has 0 aromatic carbocycles. The van der Waals surface area contributed by atoms with Crippen molar-refractivity contribution in [3.05, 3.63) is 28.2 Å². The lowest BCUT2D eigenvalue weighted by Crippen LogP contribution is -2.31. The second-order valence-electron chi connectivity index (χ2n) is 5.00. The zero-order valence-corrected chi connectivity index (χ0v) is 13.6. The molecule has 2 aromatic heterocycles. The zero-order chi connectivity index (χ0) is 15.4. The highest BCUT2D eigenvalue weighted by atomic mass is 32.2. The van der Waals surface area contributed by atoms with Gasteiger partial charge in [-0.05, 0) is 24.3 Å². The largest absolute Gasteiger partial charge is 0.306 e. The van der Waals surface area contributed by atoms with E-state index in [4.69, 9.17) is 0 Å². The number of thiophene rings is 1. The number of hydrogen-bond donors (Lipinski definition) is 1. The van der Waals surface area contributed by atoms with Crippen LogP contribution in [-0.2, 0) is 17.8 Å². The van der Waals surface area contributed by atoms with Gasteiger partial charge in [0.2, 0.25) is 5.91 Å². The fourth-order valence-corrected chi connectivity index (χ4v) is 3.73. The third-order valence-electron chi connectivity index (χ3n) is 3.41. The smallest absolute Gasteiger partial charge is 0.267 e. The van der Waals surface area contributed by atoms with Gasteiger partial charge in [0.1, 0.15) is 5.82 Å². The van der Waals surface area contributed by atoms with Crippen LogP contribution in [0.5, 0.6) is 0 Å². The lowest BCUT2D eigenvalue weighted by Gasteiger charge is -2.06. The first-order valence-electron chi connectivity index (χ1n) is 7.16. The van der Waals surface area contributed by atoms with Crippen LogP contribution in [0.25, 0.3) is 0 Å². The summed E-state index contributed by atoms with van der Waals surface area (Å²) in [5.74, 6) is 0.500.